The Hall–Kier alpha value is -0.420. The van der Waals surface area contributed by atoms with E-state index in [4.69, 9.17) is 9.29 Å². The van der Waals surface area contributed by atoms with E-state index in [0.29, 0.717) is 12.5 Å². The van der Waals surface area contributed by atoms with Gasteiger partial charge in [0.2, 0.25) is 0 Å². The van der Waals surface area contributed by atoms with Crippen LogP contribution in [0.5, 0.6) is 0 Å². The summed E-state index contributed by atoms with van der Waals surface area (Å²) >= 11 is -1.90. The fourth-order valence-electron chi connectivity index (χ4n) is 0.651. The van der Waals surface area contributed by atoms with Gasteiger partial charge in [0.05, 0.1) is 18.8 Å². The number of carbonyl (C=O) groups excluding carboxylic acids is 1. The molecule has 0 aromatic carbocycles. The van der Waals surface area contributed by atoms with Crippen LogP contribution < -0.4 is 0 Å². The number of hydrogen-bond donors (Lipinski definition) is 1. The summed E-state index contributed by atoms with van der Waals surface area (Å²) in [5.41, 5.74) is 0. The quantitative estimate of drug-likeness (QED) is 0.526. The Kier molecular flexibility index (Phi) is 6.80. The first kappa shape index (κ1) is 12.6. The van der Waals surface area contributed by atoms with Crippen LogP contribution in [0.25, 0.3) is 0 Å². The van der Waals surface area contributed by atoms with Gasteiger partial charge in [0.15, 0.2) is 11.1 Å². The van der Waals surface area contributed by atoms with E-state index in [1.54, 1.807) is 0 Å². The van der Waals surface area contributed by atoms with Crippen LogP contribution in [-0.4, -0.2) is 27.1 Å². The lowest BCUT2D eigenvalue weighted by Gasteiger charge is -2.05. The van der Waals surface area contributed by atoms with Gasteiger partial charge in [-0.05, 0) is 12.3 Å². The molecule has 4 nitrogen and oxygen atoms in total. The molecule has 0 aromatic rings. The molecule has 0 aliphatic rings. The molecule has 0 fully saturated rings. The Labute approximate surface area is 80.9 Å². The van der Waals surface area contributed by atoms with E-state index in [2.05, 4.69) is 0 Å². The summed E-state index contributed by atoms with van der Waals surface area (Å²) in [6.07, 6.45) is 0.842. The molecule has 5 heteroatoms. The van der Waals surface area contributed by atoms with Crippen molar-refractivity contribution >= 4 is 17.0 Å². The highest BCUT2D eigenvalue weighted by Crippen LogP contribution is 1.99. The minimum absolute atomic E-state index is 0.0151. The van der Waals surface area contributed by atoms with E-state index >= 15 is 0 Å². The Morgan fingerprint density at radius 3 is 2.62 bits per heavy atom. The number of esters is 1. The number of rotatable bonds is 6. The summed E-state index contributed by atoms with van der Waals surface area (Å²) in [6.45, 7) is 4.47. The van der Waals surface area contributed by atoms with Gasteiger partial charge < -0.3 is 9.29 Å². The van der Waals surface area contributed by atoms with Gasteiger partial charge in [-0.1, -0.05) is 13.8 Å². The highest BCUT2D eigenvalue weighted by molar-refractivity contribution is 7.79. The zero-order valence-electron chi connectivity index (χ0n) is 7.99. The van der Waals surface area contributed by atoms with Crippen molar-refractivity contribution in [1.29, 1.82) is 0 Å². The van der Waals surface area contributed by atoms with E-state index in [1.165, 1.54) is 0 Å². The SMILES string of the molecule is CC(C)CCOC(=O)CCS(=O)O. The minimum Gasteiger partial charge on any atom is -0.466 e. The number of hydrogen-bond acceptors (Lipinski definition) is 3. The van der Waals surface area contributed by atoms with Crippen molar-refractivity contribution in [1.82, 2.24) is 0 Å². The Morgan fingerprint density at radius 1 is 1.54 bits per heavy atom. The Morgan fingerprint density at radius 2 is 2.15 bits per heavy atom. The molecule has 0 saturated carbocycles. The minimum atomic E-state index is -1.90. The zero-order chi connectivity index (χ0) is 10.3. The highest BCUT2D eigenvalue weighted by atomic mass is 32.2. The van der Waals surface area contributed by atoms with Gasteiger partial charge in [0.25, 0.3) is 0 Å². The first-order valence-electron chi connectivity index (χ1n) is 4.25. The van der Waals surface area contributed by atoms with Crippen LogP contribution >= 0.6 is 0 Å². The molecule has 0 aromatic heterocycles. The maximum absolute atomic E-state index is 10.9. The highest BCUT2D eigenvalue weighted by Gasteiger charge is 2.05. The summed E-state index contributed by atoms with van der Waals surface area (Å²) in [5.74, 6) is 0.0587. The third-order valence-corrected chi connectivity index (χ3v) is 1.99. The van der Waals surface area contributed by atoms with E-state index in [1.807, 2.05) is 13.8 Å². The lowest BCUT2D eigenvalue weighted by atomic mass is 10.1. The molecule has 0 saturated heterocycles. The van der Waals surface area contributed by atoms with Gasteiger partial charge in [0.1, 0.15) is 0 Å². The molecular weight excluding hydrogens is 192 g/mol. The van der Waals surface area contributed by atoms with E-state index in [-0.39, 0.29) is 12.2 Å². The number of carbonyl (C=O) groups is 1. The fraction of sp³-hybridized carbons (Fsp3) is 0.875. The molecule has 13 heavy (non-hydrogen) atoms. The molecular formula is C8H16O4S. The van der Waals surface area contributed by atoms with Gasteiger partial charge in [-0.2, -0.15) is 0 Å². The van der Waals surface area contributed by atoms with Crippen molar-refractivity contribution < 1.29 is 18.3 Å². The Balaban J connectivity index is 3.36. The van der Waals surface area contributed by atoms with Crippen molar-refractivity contribution in [2.75, 3.05) is 12.4 Å². The molecule has 1 atom stereocenters. The summed E-state index contributed by atoms with van der Waals surface area (Å²) in [6, 6.07) is 0. The van der Waals surface area contributed by atoms with Gasteiger partial charge in [-0.15, -0.1) is 0 Å². The summed E-state index contributed by atoms with van der Waals surface area (Å²) in [4.78, 5) is 10.9. The van der Waals surface area contributed by atoms with Gasteiger partial charge in [-0.25, -0.2) is 4.21 Å². The van der Waals surface area contributed by atoms with Gasteiger partial charge in [0, 0.05) is 0 Å². The summed E-state index contributed by atoms with van der Waals surface area (Å²) < 4.78 is 23.4. The Bertz CT molecular complexity index is 179. The third kappa shape index (κ3) is 9.49. The summed E-state index contributed by atoms with van der Waals surface area (Å²) in [7, 11) is 0. The topological polar surface area (TPSA) is 63.6 Å². The van der Waals surface area contributed by atoms with Gasteiger partial charge in [-0.3, -0.25) is 4.79 Å². The number of ether oxygens (including phenoxy) is 1. The second-order valence-electron chi connectivity index (χ2n) is 3.18. The fourth-order valence-corrected chi connectivity index (χ4v) is 0.993. The first-order chi connectivity index (χ1) is 6.02. The third-order valence-electron chi connectivity index (χ3n) is 1.44. The lowest BCUT2D eigenvalue weighted by Crippen LogP contribution is -2.10. The lowest BCUT2D eigenvalue weighted by molar-refractivity contribution is -0.143. The molecule has 0 bridgehead atoms. The largest absolute Gasteiger partial charge is 0.466 e. The average Bonchev–Trinajstić information content (AvgIpc) is 2.00. The van der Waals surface area contributed by atoms with Crippen molar-refractivity contribution in [2.45, 2.75) is 26.7 Å². The molecule has 0 aliphatic carbocycles. The van der Waals surface area contributed by atoms with Crippen LogP contribution in [0.2, 0.25) is 0 Å². The summed E-state index contributed by atoms with van der Waals surface area (Å²) in [5, 5.41) is 0. The standard InChI is InChI=1S/C8H16O4S/c1-7(2)3-5-12-8(9)4-6-13(10)11/h7H,3-6H2,1-2H3,(H,10,11). The van der Waals surface area contributed by atoms with Crippen LogP contribution in [-0.2, 0) is 20.6 Å². The predicted octanol–water partition coefficient (Wildman–Crippen LogP) is 1.19. The van der Waals surface area contributed by atoms with Crippen LogP contribution in [0.1, 0.15) is 26.7 Å². The van der Waals surface area contributed by atoms with Crippen molar-refractivity contribution in [2.24, 2.45) is 5.92 Å². The normalized spacial score (nSPS) is 12.9. The zero-order valence-corrected chi connectivity index (χ0v) is 8.80. The maximum Gasteiger partial charge on any atom is 0.306 e. The molecule has 1 N–H and O–H groups in total. The molecule has 0 aliphatic heterocycles. The second kappa shape index (κ2) is 7.03. The van der Waals surface area contributed by atoms with E-state index < -0.39 is 17.0 Å². The van der Waals surface area contributed by atoms with Crippen LogP contribution in [0.4, 0.5) is 0 Å². The molecule has 0 amide bonds. The second-order valence-corrected chi connectivity index (χ2v) is 4.23. The molecule has 78 valence electrons. The van der Waals surface area contributed by atoms with Crippen molar-refractivity contribution in [3.8, 4) is 0 Å². The van der Waals surface area contributed by atoms with Crippen LogP contribution in [0.15, 0.2) is 0 Å². The predicted molar refractivity (Wildman–Crippen MR) is 50.7 cm³/mol. The van der Waals surface area contributed by atoms with Crippen LogP contribution in [0, 0.1) is 5.92 Å². The average molecular weight is 208 g/mol. The van der Waals surface area contributed by atoms with E-state index in [0.717, 1.165) is 6.42 Å². The molecule has 0 heterocycles. The monoisotopic (exact) mass is 208 g/mol. The first-order valence-corrected chi connectivity index (χ1v) is 5.53. The van der Waals surface area contributed by atoms with Crippen molar-refractivity contribution in [3.05, 3.63) is 0 Å². The maximum atomic E-state index is 10.9. The van der Waals surface area contributed by atoms with Gasteiger partial charge >= 0.3 is 5.97 Å². The van der Waals surface area contributed by atoms with E-state index in [9.17, 15) is 9.00 Å². The van der Waals surface area contributed by atoms with Crippen LogP contribution in [0.3, 0.4) is 0 Å². The smallest absolute Gasteiger partial charge is 0.306 e. The molecule has 0 radical (unpaired) electrons. The van der Waals surface area contributed by atoms with Crippen molar-refractivity contribution in [3.63, 3.8) is 0 Å². The molecule has 0 rings (SSSR count). The molecule has 0 spiro atoms. The molecule has 1 unspecified atom stereocenters.